The lowest BCUT2D eigenvalue weighted by molar-refractivity contribution is 0.0338. The molecule has 1 rings (SSSR count). The van der Waals surface area contributed by atoms with Crippen molar-refractivity contribution in [2.24, 2.45) is 0 Å². The van der Waals surface area contributed by atoms with Crippen molar-refractivity contribution >= 4 is 0 Å². The van der Waals surface area contributed by atoms with Gasteiger partial charge in [-0.05, 0) is 32.5 Å². The summed E-state index contributed by atoms with van der Waals surface area (Å²) in [5.41, 5.74) is -0.182. The van der Waals surface area contributed by atoms with E-state index in [2.05, 4.69) is 11.0 Å². The summed E-state index contributed by atoms with van der Waals surface area (Å²) in [6.07, 6.45) is 0. The Labute approximate surface area is 126 Å². The third-order valence-corrected chi connectivity index (χ3v) is 3.02. The summed E-state index contributed by atoms with van der Waals surface area (Å²) in [6.45, 7) is 8.28. The third kappa shape index (κ3) is 6.03. The Hall–Kier alpha value is -1.77. The van der Waals surface area contributed by atoms with Crippen LogP contribution in [0, 0.1) is 11.3 Å². The Balaban J connectivity index is 2.57. The maximum absolute atomic E-state index is 9.84. The molecule has 0 atom stereocenters. The molecule has 1 aromatic carbocycles. The van der Waals surface area contributed by atoms with Crippen molar-refractivity contribution in [3.05, 3.63) is 23.8 Å². The van der Waals surface area contributed by atoms with Gasteiger partial charge in [0.15, 0.2) is 11.5 Å². The number of nitriles is 1. The number of methoxy groups -OCH3 is 1. The molecule has 0 aromatic heterocycles. The molecular weight excluding hydrogens is 268 g/mol. The number of hydrogen-bond donors (Lipinski definition) is 1. The first-order valence-electron chi connectivity index (χ1n) is 7.05. The molecule has 0 radical (unpaired) electrons. The van der Waals surface area contributed by atoms with Crippen LogP contribution < -0.4 is 9.47 Å². The molecule has 5 nitrogen and oxygen atoms in total. The van der Waals surface area contributed by atoms with Gasteiger partial charge in [0, 0.05) is 19.2 Å². The van der Waals surface area contributed by atoms with Gasteiger partial charge in [0.2, 0.25) is 0 Å². The van der Waals surface area contributed by atoms with Crippen LogP contribution in [0.25, 0.3) is 0 Å². The molecule has 0 saturated heterocycles. The smallest absolute Gasteiger partial charge is 0.162 e. The van der Waals surface area contributed by atoms with Crippen LogP contribution in [0.4, 0.5) is 0 Å². The highest BCUT2D eigenvalue weighted by Gasteiger charge is 2.17. The molecule has 21 heavy (non-hydrogen) atoms. The SMILES string of the molecule is CCN(CCOc1ccc(C#N)cc1OC)CC(C)(C)O. The number of hydrogen-bond acceptors (Lipinski definition) is 5. The number of ether oxygens (including phenoxy) is 2. The Morgan fingerprint density at radius 1 is 1.33 bits per heavy atom. The molecule has 1 aromatic rings. The van der Waals surface area contributed by atoms with E-state index in [9.17, 15) is 5.11 Å². The average Bonchev–Trinajstić information content (AvgIpc) is 2.45. The Morgan fingerprint density at radius 2 is 2.05 bits per heavy atom. The molecule has 0 aliphatic carbocycles. The van der Waals surface area contributed by atoms with E-state index in [0.717, 1.165) is 6.54 Å². The van der Waals surface area contributed by atoms with Gasteiger partial charge in [0.25, 0.3) is 0 Å². The highest BCUT2D eigenvalue weighted by Crippen LogP contribution is 2.27. The van der Waals surface area contributed by atoms with Gasteiger partial charge in [-0.1, -0.05) is 6.92 Å². The van der Waals surface area contributed by atoms with Crippen LogP contribution in [0.3, 0.4) is 0 Å². The summed E-state index contributed by atoms with van der Waals surface area (Å²) in [4.78, 5) is 2.12. The second kappa shape index (κ2) is 7.87. The van der Waals surface area contributed by atoms with E-state index in [4.69, 9.17) is 14.7 Å². The van der Waals surface area contributed by atoms with E-state index in [1.807, 2.05) is 6.92 Å². The molecule has 0 unspecified atom stereocenters. The van der Waals surface area contributed by atoms with Crippen molar-refractivity contribution in [3.63, 3.8) is 0 Å². The van der Waals surface area contributed by atoms with Gasteiger partial charge in [-0.3, -0.25) is 4.90 Å². The van der Waals surface area contributed by atoms with Gasteiger partial charge in [0.05, 0.1) is 24.3 Å². The molecule has 0 saturated carbocycles. The van der Waals surface area contributed by atoms with Crippen LogP contribution in [0.15, 0.2) is 18.2 Å². The third-order valence-electron chi connectivity index (χ3n) is 3.02. The van der Waals surface area contributed by atoms with Crippen LogP contribution in [-0.4, -0.2) is 49.0 Å². The first-order chi connectivity index (χ1) is 9.89. The topological polar surface area (TPSA) is 65.7 Å². The minimum atomic E-state index is -0.720. The lowest BCUT2D eigenvalue weighted by Crippen LogP contribution is -2.40. The summed E-state index contributed by atoms with van der Waals surface area (Å²) >= 11 is 0. The first-order valence-corrected chi connectivity index (χ1v) is 7.05. The van der Waals surface area contributed by atoms with Crippen molar-refractivity contribution in [1.82, 2.24) is 4.90 Å². The van der Waals surface area contributed by atoms with E-state index in [1.54, 1.807) is 39.2 Å². The molecule has 0 spiro atoms. The quantitative estimate of drug-likeness (QED) is 0.794. The van der Waals surface area contributed by atoms with Crippen LogP contribution in [-0.2, 0) is 0 Å². The Kier molecular flexibility index (Phi) is 6.47. The highest BCUT2D eigenvalue weighted by molar-refractivity contribution is 5.46. The van der Waals surface area contributed by atoms with Crippen molar-refractivity contribution in [2.75, 3.05) is 33.4 Å². The number of aliphatic hydroxyl groups is 1. The predicted molar refractivity (Wildman–Crippen MR) is 81.6 cm³/mol. The summed E-state index contributed by atoms with van der Waals surface area (Å²) in [7, 11) is 1.55. The van der Waals surface area contributed by atoms with Gasteiger partial charge in [0.1, 0.15) is 6.61 Å². The normalized spacial score (nSPS) is 11.3. The molecule has 0 fully saturated rings. The van der Waals surface area contributed by atoms with Gasteiger partial charge >= 0.3 is 0 Å². The number of likely N-dealkylation sites (N-methyl/N-ethyl adjacent to an activating group) is 1. The van der Waals surface area contributed by atoms with Crippen molar-refractivity contribution in [3.8, 4) is 17.6 Å². The Bertz CT molecular complexity index is 489. The summed E-state index contributed by atoms with van der Waals surface area (Å²) < 4.78 is 10.9. The molecule has 0 heterocycles. The predicted octanol–water partition coefficient (Wildman–Crippen LogP) is 2.04. The van der Waals surface area contributed by atoms with Crippen LogP contribution in [0.5, 0.6) is 11.5 Å². The van der Waals surface area contributed by atoms with Crippen molar-refractivity contribution in [1.29, 1.82) is 5.26 Å². The zero-order valence-electron chi connectivity index (χ0n) is 13.2. The van der Waals surface area contributed by atoms with Crippen molar-refractivity contribution in [2.45, 2.75) is 26.4 Å². The molecule has 0 bridgehead atoms. The summed E-state index contributed by atoms with van der Waals surface area (Å²) in [5, 5.41) is 18.7. The standard InChI is InChI=1S/C16H24N2O3/c1-5-18(12-16(2,3)19)8-9-21-14-7-6-13(11-17)10-15(14)20-4/h6-7,10,19H,5,8-9,12H2,1-4H3. The lowest BCUT2D eigenvalue weighted by Gasteiger charge is -2.27. The van der Waals surface area contributed by atoms with E-state index < -0.39 is 5.60 Å². The molecule has 116 valence electrons. The number of nitrogens with zero attached hydrogens (tertiary/aromatic N) is 2. The number of benzene rings is 1. The summed E-state index contributed by atoms with van der Waals surface area (Å²) in [6, 6.07) is 7.16. The van der Waals surface area contributed by atoms with E-state index in [-0.39, 0.29) is 0 Å². The fourth-order valence-electron chi connectivity index (χ4n) is 2.04. The second-order valence-corrected chi connectivity index (χ2v) is 5.51. The zero-order valence-corrected chi connectivity index (χ0v) is 13.2. The van der Waals surface area contributed by atoms with E-state index in [0.29, 0.717) is 36.8 Å². The molecule has 5 heteroatoms. The molecule has 0 amide bonds. The molecule has 0 aliphatic heterocycles. The fourth-order valence-corrected chi connectivity index (χ4v) is 2.04. The molecular formula is C16H24N2O3. The largest absolute Gasteiger partial charge is 0.493 e. The van der Waals surface area contributed by atoms with Gasteiger partial charge < -0.3 is 14.6 Å². The lowest BCUT2D eigenvalue weighted by atomic mass is 10.1. The van der Waals surface area contributed by atoms with Crippen LogP contribution >= 0.6 is 0 Å². The van der Waals surface area contributed by atoms with Crippen LogP contribution in [0.1, 0.15) is 26.3 Å². The minimum Gasteiger partial charge on any atom is -0.493 e. The minimum absolute atomic E-state index is 0.492. The second-order valence-electron chi connectivity index (χ2n) is 5.51. The van der Waals surface area contributed by atoms with E-state index in [1.165, 1.54) is 0 Å². The zero-order chi connectivity index (χ0) is 15.9. The van der Waals surface area contributed by atoms with Crippen LogP contribution in [0.2, 0.25) is 0 Å². The summed E-state index contributed by atoms with van der Waals surface area (Å²) in [5.74, 6) is 1.18. The monoisotopic (exact) mass is 292 g/mol. The molecule has 0 aliphatic rings. The van der Waals surface area contributed by atoms with Gasteiger partial charge in [-0.2, -0.15) is 5.26 Å². The molecule has 1 N–H and O–H groups in total. The number of rotatable bonds is 8. The first kappa shape index (κ1) is 17.3. The van der Waals surface area contributed by atoms with Gasteiger partial charge in [-0.15, -0.1) is 0 Å². The highest BCUT2D eigenvalue weighted by atomic mass is 16.5. The maximum Gasteiger partial charge on any atom is 0.162 e. The van der Waals surface area contributed by atoms with Crippen molar-refractivity contribution < 1.29 is 14.6 Å². The van der Waals surface area contributed by atoms with Gasteiger partial charge in [-0.25, -0.2) is 0 Å². The Morgan fingerprint density at radius 3 is 2.57 bits per heavy atom. The average molecular weight is 292 g/mol. The van der Waals surface area contributed by atoms with E-state index >= 15 is 0 Å². The maximum atomic E-state index is 9.84. The fraction of sp³-hybridized carbons (Fsp3) is 0.562.